The molecule has 0 spiro atoms. The maximum Gasteiger partial charge on any atom is 0.269 e. The molecule has 1 aliphatic carbocycles. The van der Waals surface area contributed by atoms with Crippen molar-refractivity contribution >= 4 is 50.7 Å². The molecule has 0 saturated heterocycles. The van der Waals surface area contributed by atoms with Crippen LogP contribution in [0.25, 0.3) is 28.5 Å². The predicted molar refractivity (Wildman–Crippen MR) is 122 cm³/mol. The Morgan fingerprint density at radius 3 is 2.37 bits per heavy atom. The quantitative estimate of drug-likeness (QED) is 0.276. The second-order valence-electron chi connectivity index (χ2n) is 7.10. The molecule has 4 aromatic rings. The topological polar surface area (TPSA) is 56.7 Å². The van der Waals surface area contributed by atoms with Crippen molar-refractivity contribution in [2.75, 3.05) is 0 Å². The van der Waals surface area contributed by atoms with Crippen molar-refractivity contribution in [3.8, 4) is 28.5 Å². The number of rotatable bonds is 4. The van der Waals surface area contributed by atoms with E-state index in [2.05, 4.69) is 26.1 Å². The molecule has 2 heterocycles. The van der Waals surface area contributed by atoms with Gasteiger partial charge in [-0.05, 0) is 59.1 Å². The zero-order valence-corrected chi connectivity index (χ0v) is 19.3. The third-order valence-corrected chi connectivity index (χ3v) is 6.72. The highest BCUT2D eigenvalue weighted by atomic mass is 79.9. The lowest BCUT2D eigenvalue weighted by Crippen LogP contribution is -2.08. The van der Waals surface area contributed by atoms with Crippen LogP contribution in [0.3, 0.4) is 0 Å². The standard InChI is InChI=1S/C21H14BrCl3N4O/c22-17-18(21-27-26-20(30-21)12-2-1-3-12)28-29(16-9-8-14(24)10-15(16)25)19(17)11-4-6-13(23)7-5-11/h4-10,12H,1-3H2. The van der Waals surface area contributed by atoms with Crippen molar-refractivity contribution in [1.82, 2.24) is 20.0 Å². The van der Waals surface area contributed by atoms with E-state index in [1.165, 1.54) is 6.42 Å². The molecule has 1 fully saturated rings. The van der Waals surface area contributed by atoms with E-state index in [1.807, 2.05) is 30.3 Å². The van der Waals surface area contributed by atoms with Crippen LogP contribution < -0.4 is 0 Å². The van der Waals surface area contributed by atoms with Gasteiger partial charge in [0.05, 0.1) is 20.9 Å². The van der Waals surface area contributed by atoms with Gasteiger partial charge in [-0.15, -0.1) is 10.2 Å². The second-order valence-corrected chi connectivity index (χ2v) is 9.17. The minimum Gasteiger partial charge on any atom is -0.419 e. The average molecular weight is 525 g/mol. The first kappa shape index (κ1) is 20.1. The van der Waals surface area contributed by atoms with Gasteiger partial charge in [0.1, 0.15) is 0 Å². The monoisotopic (exact) mass is 522 g/mol. The predicted octanol–water partition coefficient (Wildman–Crippen LogP) is 7.58. The molecule has 152 valence electrons. The van der Waals surface area contributed by atoms with Gasteiger partial charge >= 0.3 is 0 Å². The Kier molecular flexibility index (Phi) is 5.35. The van der Waals surface area contributed by atoms with E-state index in [1.54, 1.807) is 16.8 Å². The third-order valence-electron chi connectivity index (χ3n) is 5.18. The molecule has 5 rings (SSSR count). The normalized spacial score (nSPS) is 14.1. The smallest absolute Gasteiger partial charge is 0.269 e. The summed E-state index contributed by atoms with van der Waals surface area (Å²) in [6, 6.07) is 12.8. The van der Waals surface area contributed by atoms with E-state index in [-0.39, 0.29) is 0 Å². The Labute approximate surface area is 196 Å². The molecule has 0 N–H and O–H groups in total. The minimum atomic E-state index is 0.341. The van der Waals surface area contributed by atoms with Gasteiger partial charge in [-0.25, -0.2) is 4.68 Å². The van der Waals surface area contributed by atoms with Crippen molar-refractivity contribution in [2.24, 2.45) is 0 Å². The molecule has 0 unspecified atom stereocenters. The third kappa shape index (κ3) is 3.56. The molecule has 9 heteroatoms. The molecule has 0 bridgehead atoms. The molecule has 1 saturated carbocycles. The largest absolute Gasteiger partial charge is 0.419 e. The lowest BCUT2D eigenvalue weighted by atomic mass is 9.85. The SMILES string of the molecule is Clc1ccc(-c2c(Br)c(-c3nnc(C4CCC4)o3)nn2-c2ccc(Cl)cc2Cl)cc1. The van der Waals surface area contributed by atoms with Gasteiger partial charge in [0.2, 0.25) is 5.89 Å². The van der Waals surface area contributed by atoms with Crippen LogP contribution in [0.1, 0.15) is 31.1 Å². The van der Waals surface area contributed by atoms with Gasteiger partial charge in [0, 0.05) is 21.5 Å². The van der Waals surface area contributed by atoms with Crippen LogP contribution in [0.15, 0.2) is 51.4 Å². The van der Waals surface area contributed by atoms with Gasteiger partial charge in [-0.1, -0.05) is 53.4 Å². The van der Waals surface area contributed by atoms with Crippen molar-refractivity contribution in [3.63, 3.8) is 0 Å². The summed E-state index contributed by atoms with van der Waals surface area (Å²) in [7, 11) is 0. The molecule has 0 radical (unpaired) electrons. The van der Waals surface area contributed by atoms with Crippen LogP contribution >= 0.6 is 50.7 Å². The zero-order chi connectivity index (χ0) is 20.8. The number of aromatic nitrogens is 4. The van der Waals surface area contributed by atoms with E-state index < -0.39 is 0 Å². The number of hydrogen-bond acceptors (Lipinski definition) is 4. The molecule has 1 aliphatic rings. The molecule has 0 amide bonds. The molecule has 5 nitrogen and oxygen atoms in total. The van der Waals surface area contributed by atoms with Gasteiger partial charge in [-0.3, -0.25) is 0 Å². The van der Waals surface area contributed by atoms with E-state index in [9.17, 15) is 0 Å². The number of nitrogens with zero attached hydrogens (tertiary/aromatic N) is 4. The van der Waals surface area contributed by atoms with E-state index in [4.69, 9.17) is 44.3 Å². The molecule has 0 atom stereocenters. The highest BCUT2D eigenvalue weighted by Gasteiger charge is 2.28. The summed E-state index contributed by atoms with van der Waals surface area (Å²) in [4.78, 5) is 0. The first-order valence-corrected chi connectivity index (χ1v) is 11.3. The first-order valence-electron chi connectivity index (χ1n) is 9.35. The summed E-state index contributed by atoms with van der Waals surface area (Å²) in [5.41, 5.74) is 2.91. The number of benzene rings is 2. The highest BCUT2D eigenvalue weighted by Crippen LogP contribution is 2.41. The second kappa shape index (κ2) is 8.00. The fourth-order valence-corrected chi connectivity index (χ4v) is 4.63. The highest BCUT2D eigenvalue weighted by molar-refractivity contribution is 9.10. The van der Waals surface area contributed by atoms with E-state index >= 15 is 0 Å². The Hall–Kier alpha value is -1.86. The number of hydrogen-bond donors (Lipinski definition) is 0. The van der Waals surface area contributed by atoms with E-state index in [0.29, 0.717) is 44.1 Å². The first-order chi connectivity index (χ1) is 14.5. The average Bonchev–Trinajstić information content (AvgIpc) is 3.26. The van der Waals surface area contributed by atoms with Gasteiger partial charge < -0.3 is 4.42 Å². The summed E-state index contributed by atoms with van der Waals surface area (Å²) < 4.78 is 8.43. The van der Waals surface area contributed by atoms with Crippen LogP contribution in [0, 0.1) is 0 Å². The Bertz CT molecular complexity index is 1230. The Morgan fingerprint density at radius 1 is 0.967 bits per heavy atom. The molecular formula is C21H14BrCl3N4O. The van der Waals surface area contributed by atoms with Crippen LogP contribution in [-0.2, 0) is 0 Å². The molecule has 2 aromatic carbocycles. The van der Waals surface area contributed by atoms with Gasteiger partial charge in [-0.2, -0.15) is 5.10 Å². The van der Waals surface area contributed by atoms with Crippen molar-refractivity contribution < 1.29 is 4.42 Å². The Morgan fingerprint density at radius 2 is 1.70 bits per heavy atom. The maximum atomic E-state index is 6.50. The summed E-state index contributed by atoms with van der Waals surface area (Å²) in [6.07, 6.45) is 3.35. The number of halogens is 4. The minimum absolute atomic E-state index is 0.341. The maximum absolute atomic E-state index is 6.50. The van der Waals surface area contributed by atoms with Crippen LogP contribution in [0.2, 0.25) is 15.1 Å². The fraction of sp³-hybridized carbons (Fsp3) is 0.190. The van der Waals surface area contributed by atoms with E-state index in [0.717, 1.165) is 28.6 Å². The molecule has 0 aliphatic heterocycles. The molecule has 2 aromatic heterocycles. The summed E-state index contributed by atoms with van der Waals surface area (Å²) in [5, 5.41) is 14.9. The molecule has 30 heavy (non-hydrogen) atoms. The van der Waals surface area contributed by atoms with Crippen LogP contribution in [0.4, 0.5) is 0 Å². The summed E-state index contributed by atoms with van der Waals surface area (Å²) in [6.45, 7) is 0. The zero-order valence-electron chi connectivity index (χ0n) is 15.4. The van der Waals surface area contributed by atoms with Crippen LogP contribution in [-0.4, -0.2) is 20.0 Å². The summed E-state index contributed by atoms with van der Waals surface area (Å²) >= 11 is 22.4. The van der Waals surface area contributed by atoms with Crippen molar-refractivity contribution in [3.05, 3.63) is 67.9 Å². The van der Waals surface area contributed by atoms with Crippen LogP contribution in [0.5, 0.6) is 0 Å². The Balaban J connectivity index is 1.69. The van der Waals surface area contributed by atoms with Crippen molar-refractivity contribution in [1.29, 1.82) is 0 Å². The van der Waals surface area contributed by atoms with Gasteiger partial charge in [0.25, 0.3) is 5.89 Å². The lowest BCUT2D eigenvalue weighted by molar-refractivity contribution is 0.338. The lowest BCUT2D eigenvalue weighted by Gasteiger charge is -2.20. The summed E-state index contributed by atoms with van der Waals surface area (Å²) in [5.74, 6) is 1.37. The van der Waals surface area contributed by atoms with Gasteiger partial charge in [0.15, 0.2) is 5.69 Å². The molecular weight excluding hydrogens is 511 g/mol. The fourth-order valence-electron chi connectivity index (χ4n) is 3.37. The van der Waals surface area contributed by atoms with Crippen molar-refractivity contribution in [2.45, 2.75) is 25.2 Å².